The van der Waals surface area contributed by atoms with Crippen LogP contribution in [-0.4, -0.2) is 60.6 Å². The minimum absolute atomic E-state index is 0.0782. The van der Waals surface area contributed by atoms with Crippen LogP contribution in [-0.2, 0) is 9.47 Å². The lowest BCUT2D eigenvalue weighted by Crippen LogP contribution is -2.40. The molecule has 2 fully saturated rings. The van der Waals surface area contributed by atoms with Crippen LogP contribution in [0, 0.1) is 5.92 Å². The Kier molecular flexibility index (Phi) is 9.99. The topological polar surface area (TPSA) is 66.5 Å². The highest BCUT2D eigenvalue weighted by atomic mass is 35.5. The highest BCUT2D eigenvalue weighted by Crippen LogP contribution is 2.35. The number of halogens is 1. The molecule has 2 aliphatic heterocycles. The van der Waals surface area contributed by atoms with E-state index < -0.39 is 0 Å². The Bertz CT molecular complexity index is 1140. The third kappa shape index (κ3) is 6.87. The average Bonchev–Trinajstić information content (AvgIpc) is 3.48. The summed E-state index contributed by atoms with van der Waals surface area (Å²) in [7, 11) is 0. The van der Waals surface area contributed by atoms with Crippen LogP contribution in [0.1, 0.15) is 76.8 Å². The van der Waals surface area contributed by atoms with E-state index in [0.717, 1.165) is 118 Å². The van der Waals surface area contributed by atoms with Crippen LogP contribution < -0.4 is 9.80 Å². The molecule has 4 heterocycles. The lowest BCUT2D eigenvalue weighted by atomic mass is 9.93. The fraction of sp³-hybridized carbons (Fsp3) is 0.613. The van der Waals surface area contributed by atoms with Gasteiger partial charge in [0.25, 0.3) is 0 Å². The number of fused-ring (bicyclic) bond motifs is 1. The molecule has 0 atom stereocenters. The number of ether oxygens (including phenoxy) is 2. The fourth-order valence-electron chi connectivity index (χ4n) is 5.90. The molecule has 0 spiro atoms. The van der Waals surface area contributed by atoms with Gasteiger partial charge in [-0.15, -0.1) is 0 Å². The Morgan fingerprint density at radius 1 is 0.897 bits per heavy atom. The first-order valence-corrected chi connectivity index (χ1v) is 15.4. The first-order chi connectivity index (χ1) is 19.2. The first-order valence-electron chi connectivity index (χ1n) is 15.0. The lowest BCUT2D eigenvalue weighted by Gasteiger charge is -2.36. The van der Waals surface area contributed by atoms with Gasteiger partial charge in [0, 0.05) is 62.8 Å². The van der Waals surface area contributed by atoms with Crippen molar-refractivity contribution in [2.75, 3.05) is 49.2 Å². The van der Waals surface area contributed by atoms with E-state index in [1.54, 1.807) is 0 Å². The number of hydrogen-bond donors (Lipinski definition) is 1. The summed E-state index contributed by atoms with van der Waals surface area (Å²) >= 11 is 6.38. The van der Waals surface area contributed by atoms with Crippen LogP contribution in [0.5, 0.6) is 0 Å². The molecule has 2 aromatic heterocycles. The highest BCUT2D eigenvalue weighted by Gasteiger charge is 2.29. The zero-order chi connectivity index (χ0) is 27.0. The average molecular weight is 554 g/mol. The van der Waals surface area contributed by atoms with Gasteiger partial charge in [0.15, 0.2) is 6.29 Å². The Morgan fingerprint density at radius 2 is 1.59 bits per heavy atom. The Morgan fingerprint density at radius 3 is 2.23 bits per heavy atom. The molecule has 39 heavy (non-hydrogen) atoms. The molecule has 8 heteroatoms. The summed E-state index contributed by atoms with van der Waals surface area (Å²) in [5.74, 6) is 1.88. The van der Waals surface area contributed by atoms with Crippen molar-refractivity contribution in [3.8, 4) is 0 Å². The number of nitrogens with zero attached hydrogens (tertiary/aromatic N) is 4. The van der Waals surface area contributed by atoms with E-state index in [1.165, 1.54) is 5.69 Å². The molecule has 0 bridgehead atoms. The molecule has 1 N–H and O–H groups in total. The van der Waals surface area contributed by atoms with E-state index in [0.29, 0.717) is 11.8 Å². The zero-order valence-electron chi connectivity index (χ0n) is 23.6. The second-order valence-electron chi connectivity index (χ2n) is 11.0. The summed E-state index contributed by atoms with van der Waals surface area (Å²) in [6.45, 7) is 9.91. The van der Waals surface area contributed by atoms with Crippen molar-refractivity contribution in [2.24, 2.45) is 5.92 Å². The number of benzene rings is 1. The number of piperidine rings is 2. The molecule has 3 aromatic rings. The normalized spacial score (nSPS) is 17.5. The van der Waals surface area contributed by atoms with Crippen LogP contribution >= 0.6 is 11.6 Å². The third-order valence-electron chi connectivity index (χ3n) is 8.37. The summed E-state index contributed by atoms with van der Waals surface area (Å²) in [5.41, 5.74) is 3.47. The van der Waals surface area contributed by atoms with Gasteiger partial charge in [-0.3, -0.25) is 4.98 Å². The van der Waals surface area contributed by atoms with Crippen molar-refractivity contribution in [1.82, 2.24) is 15.0 Å². The number of rotatable bonds is 12. The number of hydrogen-bond acceptors (Lipinski definition) is 6. The van der Waals surface area contributed by atoms with Crippen LogP contribution in [0.15, 0.2) is 36.8 Å². The maximum atomic E-state index is 6.38. The number of nitrogens with one attached hydrogen (secondary N) is 1. The number of aromatic amines is 1. The van der Waals surface area contributed by atoms with E-state index in [-0.39, 0.29) is 6.29 Å². The summed E-state index contributed by atoms with van der Waals surface area (Å²) in [4.78, 5) is 17.9. The minimum Gasteiger partial charge on any atom is -0.370 e. The van der Waals surface area contributed by atoms with Gasteiger partial charge in [0.1, 0.15) is 5.82 Å². The fourth-order valence-corrected chi connectivity index (χ4v) is 6.12. The van der Waals surface area contributed by atoms with Crippen molar-refractivity contribution >= 4 is 34.0 Å². The molecule has 212 valence electrons. The second-order valence-corrected chi connectivity index (χ2v) is 11.4. The van der Waals surface area contributed by atoms with E-state index in [4.69, 9.17) is 31.0 Å². The van der Waals surface area contributed by atoms with Crippen LogP contribution in [0.3, 0.4) is 0 Å². The summed E-state index contributed by atoms with van der Waals surface area (Å²) in [6, 6.07) is 6.19. The Labute approximate surface area is 238 Å². The molecule has 2 saturated heterocycles. The molecule has 0 aliphatic carbocycles. The van der Waals surface area contributed by atoms with Gasteiger partial charge in [-0.2, -0.15) is 0 Å². The smallest absolute Gasteiger partial charge is 0.160 e. The number of anilines is 2. The maximum absolute atomic E-state index is 6.38. The Hall–Kier alpha value is -2.35. The predicted octanol–water partition coefficient (Wildman–Crippen LogP) is 7.17. The molecule has 2 aliphatic rings. The zero-order valence-corrected chi connectivity index (χ0v) is 24.3. The van der Waals surface area contributed by atoms with Crippen LogP contribution in [0.4, 0.5) is 11.5 Å². The van der Waals surface area contributed by atoms with E-state index in [2.05, 4.69) is 40.8 Å². The minimum atomic E-state index is -0.0782. The van der Waals surface area contributed by atoms with Gasteiger partial charge < -0.3 is 24.3 Å². The first kappa shape index (κ1) is 28.2. The molecule has 0 saturated carbocycles. The monoisotopic (exact) mass is 553 g/mol. The van der Waals surface area contributed by atoms with Crippen LogP contribution in [0.25, 0.3) is 10.9 Å². The van der Waals surface area contributed by atoms with E-state index in [9.17, 15) is 0 Å². The molecular weight excluding hydrogens is 510 g/mol. The van der Waals surface area contributed by atoms with Gasteiger partial charge in [0.2, 0.25) is 0 Å². The van der Waals surface area contributed by atoms with Crippen LogP contribution in [0.2, 0.25) is 5.02 Å². The SMILES string of the molecule is CCCCOC(OCCCC)C1CCN(c2cnc(C3CCN(c4ccc(Cl)c5cc[nH]c45)CC3)cn2)CC1. The number of aromatic nitrogens is 3. The van der Waals surface area contributed by atoms with Crippen molar-refractivity contribution in [3.63, 3.8) is 0 Å². The molecule has 1 aromatic carbocycles. The van der Waals surface area contributed by atoms with E-state index in [1.807, 2.05) is 24.7 Å². The predicted molar refractivity (Wildman–Crippen MR) is 160 cm³/mol. The third-order valence-corrected chi connectivity index (χ3v) is 8.70. The van der Waals surface area contributed by atoms with Gasteiger partial charge >= 0.3 is 0 Å². The Balaban J connectivity index is 1.12. The molecule has 5 rings (SSSR count). The van der Waals surface area contributed by atoms with Gasteiger partial charge in [-0.05, 0) is 56.7 Å². The van der Waals surface area contributed by atoms with Crippen molar-refractivity contribution in [3.05, 3.63) is 47.5 Å². The standard InChI is InChI=1S/C31H44ClN5O2/c1-3-5-19-38-31(39-20-6-4-2)24-12-17-37(18-13-24)29-22-34-27(21-35-29)23-10-15-36(16-11-23)28-8-7-26(32)25-9-14-33-30(25)28/h7-9,14,21-24,31,33H,3-6,10-13,15-20H2,1-2H3. The quantitative estimate of drug-likeness (QED) is 0.189. The van der Waals surface area contributed by atoms with Gasteiger partial charge in [-0.1, -0.05) is 38.3 Å². The largest absolute Gasteiger partial charge is 0.370 e. The van der Waals surface area contributed by atoms with Crippen molar-refractivity contribution in [1.29, 1.82) is 0 Å². The van der Waals surface area contributed by atoms with Gasteiger partial charge in [-0.25, -0.2) is 4.98 Å². The highest BCUT2D eigenvalue weighted by molar-refractivity contribution is 6.35. The number of H-pyrrole nitrogens is 1. The molecule has 0 amide bonds. The van der Waals surface area contributed by atoms with E-state index >= 15 is 0 Å². The molecular formula is C31H44ClN5O2. The molecule has 0 radical (unpaired) electrons. The lowest BCUT2D eigenvalue weighted by molar-refractivity contribution is -0.177. The second kappa shape index (κ2) is 13.8. The van der Waals surface area contributed by atoms with Crippen molar-refractivity contribution in [2.45, 2.75) is 77.4 Å². The summed E-state index contributed by atoms with van der Waals surface area (Å²) in [5, 5.41) is 1.88. The molecule has 7 nitrogen and oxygen atoms in total. The van der Waals surface area contributed by atoms with Gasteiger partial charge in [0.05, 0.1) is 34.3 Å². The molecule has 0 unspecified atom stereocenters. The summed E-state index contributed by atoms with van der Waals surface area (Å²) in [6.07, 6.45) is 14.6. The van der Waals surface area contributed by atoms with Crippen molar-refractivity contribution < 1.29 is 9.47 Å². The number of unbranched alkanes of at least 4 members (excludes halogenated alkanes) is 2. The maximum Gasteiger partial charge on any atom is 0.160 e. The summed E-state index contributed by atoms with van der Waals surface area (Å²) < 4.78 is 12.3.